The number of amidine groups is 1. The smallest absolute Gasteiger partial charge is 0.326 e. The monoisotopic (exact) mass is 1420 g/mol. The van der Waals surface area contributed by atoms with Crippen LogP contribution in [0.5, 0.6) is 5.75 Å². The van der Waals surface area contributed by atoms with Crippen LogP contribution in [0.15, 0.2) is 24.3 Å². The normalized spacial score (nSPS) is 13.3. The molecule has 0 aliphatic rings. The van der Waals surface area contributed by atoms with Gasteiger partial charge >= 0.3 is 5.97 Å². The van der Waals surface area contributed by atoms with Gasteiger partial charge in [0.15, 0.2) is 11.6 Å². The molecule has 27 nitrogen and oxygen atoms in total. The molecular weight excluding hydrogens is 1300 g/mol. The molecule has 0 saturated heterocycles. The highest BCUT2D eigenvalue weighted by Crippen LogP contribution is 2.31. The van der Waals surface area contributed by atoms with Crippen LogP contribution >= 0.6 is 0 Å². The zero-order valence-electron chi connectivity index (χ0n) is 59.4. The van der Waals surface area contributed by atoms with Crippen molar-refractivity contribution in [2.45, 2.75) is 239 Å². The largest absolute Gasteiger partial charge is 0.508 e. The van der Waals surface area contributed by atoms with Crippen LogP contribution in [0.4, 0.5) is 0 Å². The number of aromatic hydroxyl groups is 1. The van der Waals surface area contributed by atoms with Gasteiger partial charge in [-0.3, -0.25) is 57.9 Å². The molecule has 564 valence electrons. The van der Waals surface area contributed by atoms with Crippen LogP contribution in [0.2, 0.25) is 0 Å². The van der Waals surface area contributed by atoms with Gasteiger partial charge in [-0.1, -0.05) is 116 Å². The van der Waals surface area contributed by atoms with E-state index in [0.29, 0.717) is 82.7 Å². The molecule has 99 heavy (non-hydrogen) atoms. The topological polar surface area (TPSA) is 444 Å². The van der Waals surface area contributed by atoms with Gasteiger partial charge in [0.05, 0.1) is 50.7 Å². The van der Waals surface area contributed by atoms with Gasteiger partial charge in [0, 0.05) is 94.7 Å². The van der Waals surface area contributed by atoms with Crippen LogP contribution in [0.1, 0.15) is 226 Å². The van der Waals surface area contributed by atoms with Crippen LogP contribution in [0.3, 0.4) is 0 Å². The van der Waals surface area contributed by atoms with Crippen LogP contribution in [-0.2, 0) is 88.2 Å². The van der Waals surface area contributed by atoms with Crippen molar-refractivity contribution in [3.05, 3.63) is 29.8 Å². The lowest BCUT2D eigenvalue weighted by Crippen LogP contribution is -2.44. The Morgan fingerprint density at radius 2 is 1.04 bits per heavy atom. The lowest BCUT2D eigenvalue weighted by atomic mass is 9.75. The van der Waals surface area contributed by atoms with Crippen molar-refractivity contribution >= 4 is 80.4 Å². The van der Waals surface area contributed by atoms with E-state index in [4.69, 9.17) is 40.4 Å². The van der Waals surface area contributed by atoms with Crippen molar-refractivity contribution in [3.8, 4) is 5.75 Å². The summed E-state index contributed by atoms with van der Waals surface area (Å²) in [6.07, 6.45) is 16.0. The molecule has 1 aromatic rings. The number of hydrogen-bond acceptors (Lipinski definition) is 19. The Balaban J connectivity index is 2.28. The summed E-state index contributed by atoms with van der Waals surface area (Å²) >= 11 is 0. The molecule has 0 aliphatic carbocycles. The van der Waals surface area contributed by atoms with Crippen molar-refractivity contribution < 1.29 is 94.9 Å². The minimum Gasteiger partial charge on any atom is -0.508 e. The molecule has 0 heterocycles. The number of ketones is 5. The Morgan fingerprint density at radius 1 is 0.515 bits per heavy atom. The van der Waals surface area contributed by atoms with E-state index in [-0.39, 0.29) is 181 Å². The van der Waals surface area contributed by atoms with Gasteiger partial charge in [-0.15, -0.1) is 0 Å². The number of nitrogens with one attached hydrogen (secondary N) is 5. The van der Waals surface area contributed by atoms with E-state index in [1.165, 1.54) is 19.1 Å². The Morgan fingerprint density at radius 3 is 1.63 bits per heavy atom. The van der Waals surface area contributed by atoms with Gasteiger partial charge < -0.3 is 61.9 Å². The highest BCUT2D eigenvalue weighted by molar-refractivity contribution is 7.85. The molecule has 0 aliphatic heterocycles. The Kier molecular flexibility index (Phi) is 50.4. The first-order valence-electron chi connectivity index (χ1n) is 35.7. The molecule has 1 aromatic carbocycles. The first-order chi connectivity index (χ1) is 47.1. The van der Waals surface area contributed by atoms with Crippen LogP contribution < -0.4 is 32.7 Å². The molecule has 1 unspecified atom stereocenters. The number of hydrogen-bond donors (Lipinski definition) is 10. The predicted molar refractivity (Wildman–Crippen MR) is 374 cm³/mol. The highest BCUT2D eigenvalue weighted by atomic mass is 32.2. The molecule has 5 amide bonds. The third kappa shape index (κ3) is 49.6. The van der Waals surface area contributed by atoms with E-state index in [2.05, 4.69) is 21.3 Å². The lowest BCUT2D eigenvalue weighted by Gasteiger charge is -2.27. The number of Topliss-reactive ketones (excluding diaryl/α,β-unsaturated/α-hetero) is 5. The number of ether oxygens (including phenoxy) is 4. The molecule has 0 saturated carbocycles. The first-order valence-corrected chi connectivity index (χ1v) is 37.3. The second kappa shape index (κ2) is 55.1. The number of phenolic OH excluding ortho intramolecular Hbond substituents is 1. The number of nitrogens with two attached hydrogens (primary N) is 2. The number of carboxylic acid groups (broad SMARTS) is 1. The molecule has 0 spiro atoms. The summed E-state index contributed by atoms with van der Waals surface area (Å²) < 4.78 is 52.1. The summed E-state index contributed by atoms with van der Waals surface area (Å²) in [5.41, 5.74) is 12.0. The summed E-state index contributed by atoms with van der Waals surface area (Å²) in [6, 6.07) is 3.99. The zero-order chi connectivity index (χ0) is 73.8. The van der Waals surface area contributed by atoms with Crippen LogP contribution in [-0.4, -0.2) is 177 Å². The quantitative estimate of drug-likeness (QED) is 0.0132. The summed E-state index contributed by atoms with van der Waals surface area (Å²) in [5.74, 6) is -7.92. The number of carboxylic acids is 1. The molecule has 28 heteroatoms. The predicted octanol–water partition coefficient (Wildman–Crippen LogP) is 7.31. The van der Waals surface area contributed by atoms with E-state index in [1.807, 2.05) is 13.8 Å². The Labute approximate surface area is 586 Å². The molecule has 0 bridgehead atoms. The number of carbonyl (C=O) groups excluding carboxylic acids is 10. The van der Waals surface area contributed by atoms with Gasteiger partial charge in [0.2, 0.25) is 29.5 Å². The number of aliphatic carboxylic acids is 1. The van der Waals surface area contributed by atoms with E-state index in [9.17, 15) is 71.4 Å². The molecule has 1 rings (SSSR count). The number of primary amides is 1. The molecule has 0 fully saturated rings. The first kappa shape index (κ1) is 90.4. The third-order valence-electron chi connectivity index (χ3n) is 16.9. The van der Waals surface area contributed by atoms with Gasteiger partial charge in [-0.25, -0.2) is 4.79 Å². The van der Waals surface area contributed by atoms with Crippen molar-refractivity contribution in [2.24, 2.45) is 41.1 Å². The maximum absolute atomic E-state index is 14.3. The molecule has 0 aromatic heterocycles. The van der Waals surface area contributed by atoms with E-state index in [0.717, 1.165) is 70.6 Å². The van der Waals surface area contributed by atoms with Crippen molar-refractivity contribution in [1.29, 1.82) is 5.41 Å². The van der Waals surface area contributed by atoms with Crippen LogP contribution in [0, 0.1) is 35.0 Å². The minimum atomic E-state index is -3.87. The van der Waals surface area contributed by atoms with E-state index >= 15 is 0 Å². The number of rotatable bonds is 66. The average molecular weight is 1420 g/mol. The van der Waals surface area contributed by atoms with Crippen molar-refractivity contribution in [3.63, 3.8) is 0 Å². The molecule has 12 N–H and O–H groups in total. The number of unbranched alkanes of at least 4 members (excludes halogenated alkanes) is 14. The maximum atomic E-state index is 14.3. The molecule has 0 radical (unpaired) electrons. The zero-order valence-corrected chi connectivity index (χ0v) is 60.2. The maximum Gasteiger partial charge on any atom is 0.326 e. The van der Waals surface area contributed by atoms with Gasteiger partial charge in [0.25, 0.3) is 10.1 Å². The fraction of sp³-hybridized carbons (Fsp3) is 0.746. The van der Waals surface area contributed by atoms with E-state index < -0.39 is 69.6 Å². The number of amides is 5. The van der Waals surface area contributed by atoms with Crippen LogP contribution in [0.25, 0.3) is 0 Å². The fourth-order valence-electron chi connectivity index (χ4n) is 11.3. The SMILES string of the molecule is CC(=O)[C@H](CCC(=O)N[C@@H](CCC(=O)NCCOCCOCC(=O)CCCOCCOCC(=O)NCCCC[C@H](CC(=O)CC(C)C)C(=O)C(C)[C@@H](CCCCC(=N)N)C(=O)C[C@@H](Cc1ccc(O)cc1)C(N)=O)C(=O)O)NC(=O)CCCCCCCCCCCCCCCS(=O)(=O)O. The summed E-state index contributed by atoms with van der Waals surface area (Å²) in [7, 11) is -3.87. The Bertz CT molecular complexity index is 2700. The highest BCUT2D eigenvalue weighted by Gasteiger charge is 2.36. The number of benzene rings is 1. The Hall–Kier alpha value is -6.59. The van der Waals surface area contributed by atoms with E-state index in [1.54, 1.807) is 19.1 Å². The number of phenols is 1. The second-order valence-corrected chi connectivity index (χ2v) is 27.9. The second-order valence-electron chi connectivity index (χ2n) is 26.3. The molecule has 6 atom stereocenters. The van der Waals surface area contributed by atoms with Gasteiger partial charge in [-0.2, -0.15) is 8.42 Å². The third-order valence-corrected chi connectivity index (χ3v) is 17.7. The lowest BCUT2D eigenvalue weighted by molar-refractivity contribution is -0.142. The summed E-state index contributed by atoms with van der Waals surface area (Å²) in [5, 5.41) is 37.5. The summed E-state index contributed by atoms with van der Waals surface area (Å²) in [6.45, 7) is 7.88. The minimum absolute atomic E-state index is 0.00954. The standard InChI is InChI=1S/C71H119N7O20S/c1-51(2)45-59(82)47-55(69(88)52(3)60(25-17-18-26-64(72)73)63(83)48-56(70(74)89)46-54-28-30-57(80)31-29-54)23-19-20-36-75-68(87)50-98-43-40-95-38-22-24-58(81)49-97-42-41-96-39-37-76-65(84)34-33-62(71(90)91)78-67(86)35-32-61(53(4)79)77-66(85)27-16-14-12-10-8-6-5-7-9-11-13-15-21-44-99(92,93)94/h28-31,51-52,55-56,60-62,80H,5-27,32-50H2,1-4H3,(H3,72,73)(H2,74,89)(H,75,87)(H,76,84)(H,77,85)(H,78,86)(H,90,91)(H,92,93,94)/t52?,55-,56-,60-,61+,62+/m1/s1. The fourth-order valence-corrected chi connectivity index (χ4v) is 11.9. The number of carbonyl (C=O) groups is 11. The van der Waals surface area contributed by atoms with Gasteiger partial charge in [0.1, 0.15) is 42.4 Å². The van der Waals surface area contributed by atoms with Crippen molar-refractivity contribution in [2.75, 3.05) is 71.7 Å². The van der Waals surface area contributed by atoms with Crippen molar-refractivity contribution in [1.82, 2.24) is 21.3 Å². The average Bonchev–Trinajstić information content (AvgIpc) is 0.846. The van der Waals surface area contributed by atoms with Gasteiger partial charge in [-0.05, 0) is 94.7 Å². The summed E-state index contributed by atoms with van der Waals surface area (Å²) in [4.78, 5) is 141. The molecular formula is C71H119N7O20S.